The second kappa shape index (κ2) is 6.42. The number of fused-ring (bicyclic) bond motifs is 2. The van der Waals surface area contributed by atoms with Crippen molar-refractivity contribution in [1.82, 2.24) is 15.2 Å². The maximum Gasteiger partial charge on any atom is 0.227 e. The average molecular weight is 329 g/mol. The van der Waals surface area contributed by atoms with Crippen LogP contribution in [0.3, 0.4) is 0 Å². The first kappa shape index (κ1) is 15.4. The van der Waals surface area contributed by atoms with Gasteiger partial charge >= 0.3 is 0 Å². The van der Waals surface area contributed by atoms with Gasteiger partial charge in [0.25, 0.3) is 0 Å². The topological polar surface area (TPSA) is 71.5 Å². The van der Waals surface area contributed by atoms with Gasteiger partial charge in [0.05, 0.1) is 12.1 Å². The summed E-state index contributed by atoms with van der Waals surface area (Å²) in [5, 5.41) is 2.83. The maximum atomic E-state index is 12.9. The van der Waals surface area contributed by atoms with Crippen molar-refractivity contribution in [2.24, 2.45) is 5.92 Å². The zero-order valence-electron chi connectivity index (χ0n) is 13.7. The highest BCUT2D eigenvalue weighted by Crippen LogP contribution is 2.38. The van der Waals surface area contributed by atoms with E-state index in [4.69, 9.17) is 4.74 Å². The number of carbonyl (C=O) groups is 2. The number of nitrogens with zero attached hydrogens (tertiary/aromatic N) is 2. The fraction of sp³-hybridized carbons (Fsp3) is 0.611. The molecule has 6 nitrogen and oxygen atoms in total. The van der Waals surface area contributed by atoms with Crippen molar-refractivity contribution in [3.05, 3.63) is 24.5 Å². The minimum Gasteiger partial charge on any atom is -0.489 e. The molecule has 0 aliphatic carbocycles. The Bertz CT molecular complexity index is 597. The molecular weight excluding hydrogens is 306 g/mol. The van der Waals surface area contributed by atoms with E-state index >= 15 is 0 Å². The van der Waals surface area contributed by atoms with Gasteiger partial charge in [-0.3, -0.25) is 14.6 Å². The van der Waals surface area contributed by atoms with Crippen LogP contribution >= 0.6 is 0 Å². The minimum absolute atomic E-state index is 0.0541. The van der Waals surface area contributed by atoms with E-state index in [0.717, 1.165) is 31.4 Å². The highest BCUT2D eigenvalue weighted by atomic mass is 16.5. The van der Waals surface area contributed by atoms with E-state index in [1.54, 1.807) is 12.4 Å². The lowest BCUT2D eigenvalue weighted by Gasteiger charge is -2.41. The standard InChI is InChI=1S/C18H23N3O3/c22-17-6-3-12(10-20-17)18(23)21-13-4-5-14(21)9-16(8-13)24-15-2-1-7-19-11-15/h1-2,7,11-14,16H,3-6,8-10H2,(H,20,22). The summed E-state index contributed by atoms with van der Waals surface area (Å²) in [7, 11) is 0. The molecule has 2 amide bonds. The highest BCUT2D eigenvalue weighted by Gasteiger charge is 2.45. The molecule has 0 aromatic carbocycles. The molecule has 3 unspecified atom stereocenters. The third-order valence-electron chi connectivity index (χ3n) is 5.50. The van der Waals surface area contributed by atoms with Crippen molar-refractivity contribution in [2.75, 3.05) is 6.54 Å². The molecule has 3 fully saturated rings. The first-order valence-corrected chi connectivity index (χ1v) is 8.86. The Morgan fingerprint density at radius 3 is 2.67 bits per heavy atom. The monoisotopic (exact) mass is 329 g/mol. The number of aromatic nitrogens is 1. The van der Waals surface area contributed by atoms with Crippen molar-refractivity contribution in [1.29, 1.82) is 0 Å². The number of amides is 2. The van der Waals surface area contributed by atoms with Gasteiger partial charge in [-0.15, -0.1) is 0 Å². The highest BCUT2D eigenvalue weighted by molar-refractivity contribution is 5.84. The zero-order chi connectivity index (χ0) is 16.5. The van der Waals surface area contributed by atoms with Crippen LogP contribution in [0, 0.1) is 5.92 Å². The Morgan fingerprint density at radius 2 is 2.04 bits per heavy atom. The molecule has 3 aliphatic heterocycles. The summed E-state index contributed by atoms with van der Waals surface area (Å²) in [6, 6.07) is 4.35. The van der Waals surface area contributed by atoms with Crippen molar-refractivity contribution in [3.8, 4) is 5.75 Å². The van der Waals surface area contributed by atoms with Gasteiger partial charge in [0.1, 0.15) is 11.9 Å². The molecule has 1 N–H and O–H groups in total. The van der Waals surface area contributed by atoms with E-state index in [1.807, 2.05) is 12.1 Å². The third-order valence-corrected chi connectivity index (χ3v) is 5.50. The predicted molar refractivity (Wildman–Crippen MR) is 87.3 cm³/mol. The normalized spacial score (nSPS) is 32.3. The molecule has 3 aliphatic rings. The van der Waals surface area contributed by atoms with Crippen LogP contribution in [0.25, 0.3) is 0 Å². The zero-order valence-corrected chi connectivity index (χ0v) is 13.7. The number of hydrogen-bond donors (Lipinski definition) is 1. The molecule has 2 bridgehead atoms. The molecule has 3 atom stereocenters. The second-order valence-electron chi connectivity index (χ2n) is 7.07. The van der Waals surface area contributed by atoms with E-state index in [9.17, 15) is 9.59 Å². The van der Waals surface area contributed by atoms with Crippen LogP contribution in [0.2, 0.25) is 0 Å². The predicted octanol–water partition coefficient (Wildman–Crippen LogP) is 1.51. The lowest BCUT2D eigenvalue weighted by Crippen LogP contribution is -2.53. The Kier molecular flexibility index (Phi) is 4.12. The molecule has 0 saturated carbocycles. The van der Waals surface area contributed by atoms with Crippen molar-refractivity contribution in [2.45, 2.75) is 56.7 Å². The lowest BCUT2D eigenvalue weighted by molar-refractivity contribution is -0.143. The number of rotatable bonds is 3. The second-order valence-corrected chi connectivity index (χ2v) is 7.07. The lowest BCUT2D eigenvalue weighted by atomic mass is 9.93. The van der Waals surface area contributed by atoms with E-state index in [-0.39, 0.29) is 35.9 Å². The summed E-state index contributed by atoms with van der Waals surface area (Å²) >= 11 is 0. The number of nitrogens with one attached hydrogen (secondary N) is 1. The summed E-state index contributed by atoms with van der Waals surface area (Å²) in [5.41, 5.74) is 0. The molecule has 0 spiro atoms. The summed E-state index contributed by atoms with van der Waals surface area (Å²) < 4.78 is 6.07. The summed E-state index contributed by atoms with van der Waals surface area (Å²) in [4.78, 5) is 30.4. The number of piperidine rings is 2. The van der Waals surface area contributed by atoms with E-state index in [2.05, 4.69) is 15.2 Å². The SMILES string of the molecule is O=C1CCC(C(=O)N2C3CCC2CC(Oc2cccnc2)C3)CN1. The first-order chi connectivity index (χ1) is 11.7. The van der Waals surface area contributed by atoms with Crippen LogP contribution in [-0.4, -0.2) is 46.4 Å². The molecule has 1 aromatic heterocycles. The van der Waals surface area contributed by atoms with Gasteiger partial charge in [0.2, 0.25) is 11.8 Å². The third kappa shape index (κ3) is 2.97. The number of hydrogen-bond acceptors (Lipinski definition) is 4. The molecule has 3 saturated heterocycles. The molecule has 4 rings (SSSR count). The van der Waals surface area contributed by atoms with Gasteiger partial charge in [-0.05, 0) is 31.4 Å². The molecule has 6 heteroatoms. The van der Waals surface area contributed by atoms with Crippen molar-refractivity contribution in [3.63, 3.8) is 0 Å². The number of carbonyl (C=O) groups excluding carboxylic acids is 2. The quantitative estimate of drug-likeness (QED) is 0.912. The minimum atomic E-state index is -0.0541. The van der Waals surface area contributed by atoms with Crippen LogP contribution in [-0.2, 0) is 9.59 Å². The van der Waals surface area contributed by atoms with Gasteiger partial charge in [-0.2, -0.15) is 0 Å². The Hall–Kier alpha value is -2.11. The molecule has 24 heavy (non-hydrogen) atoms. The van der Waals surface area contributed by atoms with Gasteiger partial charge < -0.3 is 15.0 Å². The smallest absolute Gasteiger partial charge is 0.227 e. The largest absolute Gasteiger partial charge is 0.489 e. The van der Waals surface area contributed by atoms with Crippen molar-refractivity contribution >= 4 is 11.8 Å². The van der Waals surface area contributed by atoms with E-state index in [0.29, 0.717) is 19.4 Å². The molecule has 128 valence electrons. The fourth-order valence-electron chi connectivity index (χ4n) is 4.35. The fourth-order valence-corrected chi connectivity index (χ4v) is 4.35. The van der Waals surface area contributed by atoms with Crippen LogP contribution in [0.15, 0.2) is 24.5 Å². The van der Waals surface area contributed by atoms with Crippen molar-refractivity contribution < 1.29 is 14.3 Å². The number of pyridine rings is 1. The van der Waals surface area contributed by atoms with E-state index < -0.39 is 0 Å². The Labute approximate surface area is 141 Å². The van der Waals surface area contributed by atoms with Gasteiger partial charge in [-0.1, -0.05) is 0 Å². The Balaban J connectivity index is 1.39. The summed E-state index contributed by atoms with van der Waals surface area (Å²) in [6.45, 7) is 0.489. The van der Waals surface area contributed by atoms with Crippen LogP contribution < -0.4 is 10.1 Å². The van der Waals surface area contributed by atoms with Crippen LogP contribution in [0.1, 0.15) is 38.5 Å². The van der Waals surface area contributed by atoms with Gasteiger partial charge in [0, 0.05) is 44.1 Å². The molecule has 1 aromatic rings. The van der Waals surface area contributed by atoms with E-state index in [1.165, 1.54) is 0 Å². The maximum absolute atomic E-state index is 12.9. The first-order valence-electron chi connectivity index (χ1n) is 8.86. The molecule has 4 heterocycles. The number of ether oxygens (including phenoxy) is 1. The summed E-state index contributed by atoms with van der Waals surface area (Å²) in [6.07, 6.45) is 8.66. The Morgan fingerprint density at radius 1 is 1.25 bits per heavy atom. The summed E-state index contributed by atoms with van der Waals surface area (Å²) in [5.74, 6) is 1.03. The molecule has 0 radical (unpaired) electrons. The van der Waals surface area contributed by atoms with Crippen LogP contribution in [0.5, 0.6) is 5.75 Å². The molecular formula is C18H23N3O3. The van der Waals surface area contributed by atoms with Gasteiger partial charge in [0.15, 0.2) is 0 Å². The van der Waals surface area contributed by atoms with Crippen LogP contribution in [0.4, 0.5) is 0 Å². The van der Waals surface area contributed by atoms with Gasteiger partial charge in [-0.25, -0.2) is 0 Å². The average Bonchev–Trinajstić information content (AvgIpc) is 2.87.